The average Bonchev–Trinajstić information content (AvgIpc) is 3.67. The molecule has 1 unspecified atom stereocenters. The van der Waals surface area contributed by atoms with E-state index in [0.717, 1.165) is 40.1 Å². The van der Waals surface area contributed by atoms with Crippen LogP contribution in [0.15, 0.2) is 84.9 Å². The lowest BCUT2D eigenvalue weighted by Gasteiger charge is -2.37. The van der Waals surface area contributed by atoms with Gasteiger partial charge in [-0.3, -0.25) is 19.3 Å². The summed E-state index contributed by atoms with van der Waals surface area (Å²) in [5.41, 5.74) is 3.98. The van der Waals surface area contributed by atoms with Crippen molar-refractivity contribution in [2.45, 2.75) is 101 Å². The van der Waals surface area contributed by atoms with Crippen molar-refractivity contribution < 1.29 is 38.2 Å². The maximum absolute atomic E-state index is 16.7. The van der Waals surface area contributed by atoms with Gasteiger partial charge in [-0.1, -0.05) is 54.9 Å². The highest BCUT2D eigenvalue weighted by Gasteiger charge is 2.67. The lowest BCUT2D eigenvalue weighted by molar-refractivity contribution is -0.151. The van der Waals surface area contributed by atoms with Gasteiger partial charge in [-0.25, -0.2) is 0 Å². The molecule has 0 aliphatic carbocycles. The van der Waals surface area contributed by atoms with E-state index in [2.05, 4.69) is 5.32 Å². The lowest BCUT2D eigenvalue weighted by Crippen LogP contribution is -2.49. The number of halogens is 2. The molecule has 6 atom stereocenters. The topological polar surface area (TPSA) is 132 Å². The van der Waals surface area contributed by atoms with Crippen LogP contribution < -0.4 is 19.9 Å². The van der Waals surface area contributed by atoms with Crippen molar-refractivity contribution >= 4 is 54.8 Å². The molecule has 4 aromatic rings. The van der Waals surface area contributed by atoms with E-state index >= 15 is 8.90 Å². The van der Waals surface area contributed by atoms with Crippen LogP contribution >= 0.6 is 11.6 Å². The fraction of sp³-hybridized carbons (Fsp3) is 0.438. The van der Waals surface area contributed by atoms with E-state index in [-0.39, 0.29) is 43.9 Å². The zero-order chi connectivity index (χ0) is 43.9. The van der Waals surface area contributed by atoms with E-state index in [4.69, 9.17) is 21.1 Å². The minimum atomic E-state index is -3.60. The van der Waals surface area contributed by atoms with Crippen LogP contribution in [0.5, 0.6) is 5.75 Å². The fourth-order valence-corrected chi connectivity index (χ4v) is 13.1. The van der Waals surface area contributed by atoms with Crippen LogP contribution in [0, 0.1) is 5.92 Å². The second-order valence-corrected chi connectivity index (χ2v) is 21.8. The van der Waals surface area contributed by atoms with Gasteiger partial charge in [0.2, 0.25) is 20.2 Å². The van der Waals surface area contributed by atoms with Gasteiger partial charge >= 0.3 is 0 Å². The molecule has 0 bridgehead atoms. The summed E-state index contributed by atoms with van der Waals surface area (Å²) in [7, 11) is -3.60. The second-order valence-electron chi connectivity index (χ2n) is 17.6. The summed E-state index contributed by atoms with van der Waals surface area (Å²) < 4.78 is 29.5. The smallest absolute Gasteiger partial charge is 0.264 e. The zero-order valence-corrected chi connectivity index (χ0v) is 37.5. The minimum Gasteiger partial charge on any atom is -0.494 e. The third-order valence-corrected chi connectivity index (χ3v) is 15.9. The number of nitrogens with one attached hydrogen (secondary N) is 1. The van der Waals surface area contributed by atoms with Crippen molar-refractivity contribution in [3.05, 3.63) is 118 Å². The van der Waals surface area contributed by atoms with Crippen molar-refractivity contribution in [2.75, 3.05) is 36.2 Å². The Morgan fingerprint density at radius 2 is 1.74 bits per heavy atom. The van der Waals surface area contributed by atoms with E-state index in [1.54, 1.807) is 46.0 Å². The summed E-state index contributed by atoms with van der Waals surface area (Å²) in [5, 5.41) is 23.5. The molecule has 0 aromatic heterocycles. The standard InChI is InChI=1S/C48H56ClFN4O7Si/c1-5-60-38-16-18-41-34(23-38)24-40(51-19-8-9-20-55)46(58)54(41)36-14-10-11-31(21-36)27-53-42-17-15-35(49)25-39(42)48(47(53)59)30(2)45(62(3,4)50)43(61-48)26-44(57)52-28-33-13-7-6-12-32(33)22-37(52)29-56/h6-7,10-18,21,23,25,30,37,40,43,45,51,55-56H,5,8-9,19-20,22,24,26-29H2,1-4H3/t30-,37+,40?,43+,45-,48+/m1/s1. The molecule has 8 rings (SSSR count). The van der Waals surface area contributed by atoms with E-state index in [1.807, 2.05) is 80.6 Å². The Kier molecular flexibility index (Phi) is 12.7. The molecule has 4 heterocycles. The minimum absolute atomic E-state index is 0.0831. The Labute approximate surface area is 368 Å². The first-order valence-corrected chi connectivity index (χ1v) is 25.1. The summed E-state index contributed by atoms with van der Waals surface area (Å²) in [4.78, 5) is 48.9. The molecule has 4 aliphatic heterocycles. The molecule has 0 radical (unpaired) electrons. The van der Waals surface area contributed by atoms with Crippen molar-refractivity contribution in [2.24, 2.45) is 5.92 Å². The summed E-state index contributed by atoms with van der Waals surface area (Å²) >= 11 is 6.66. The van der Waals surface area contributed by atoms with Crippen molar-refractivity contribution in [3.8, 4) is 5.75 Å². The third kappa shape index (κ3) is 8.07. The Morgan fingerprint density at radius 1 is 0.968 bits per heavy atom. The first-order chi connectivity index (χ1) is 29.8. The number of fused-ring (bicyclic) bond motifs is 4. The van der Waals surface area contributed by atoms with Crippen LogP contribution in [-0.4, -0.2) is 85.8 Å². The number of amides is 3. The fourth-order valence-electron chi connectivity index (χ4n) is 10.4. The van der Waals surface area contributed by atoms with Gasteiger partial charge in [-0.05, 0) is 123 Å². The van der Waals surface area contributed by atoms with Crippen LogP contribution in [0.2, 0.25) is 23.7 Å². The number of nitrogens with zero attached hydrogens (tertiary/aromatic N) is 3. The molecule has 4 aliphatic rings. The number of benzene rings is 4. The number of carbonyl (C=O) groups is 3. The number of aliphatic hydroxyl groups excluding tert-OH is 2. The van der Waals surface area contributed by atoms with Gasteiger partial charge in [0, 0.05) is 40.9 Å². The van der Waals surface area contributed by atoms with Gasteiger partial charge < -0.3 is 38.9 Å². The number of hydrogen-bond donors (Lipinski definition) is 3. The van der Waals surface area contributed by atoms with Gasteiger partial charge in [-0.2, -0.15) is 0 Å². The Balaban J connectivity index is 1.10. The number of hydrogen-bond acceptors (Lipinski definition) is 8. The van der Waals surface area contributed by atoms with Crippen LogP contribution in [0.4, 0.5) is 21.2 Å². The summed E-state index contributed by atoms with van der Waals surface area (Å²) in [6.45, 7) is 8.39. The first kappa shape index (κ1) is 44.0. The molecule has 11 nitrogen and oxygen atoms in total. The van der Waals surface area contributed by atoms with Gasteiger partial charge in [0.15, 0.2) is 5.60 Å². The lowest BCUT2D eigenvalue weighted by atomic mass is 9.82. The van der Waals surface area contributed by atoms with Crippen LogP contribution in [0.3, 0.4) is 0 Å². The molecule has 3 N–H and O–H groups in total. The molecule has 4 aromatic carbocycles. The summed E-state index contributed by atoms with van der Waals surface area (Å²) in [5.74, 6) is -0.658. The predicted molar refractivity (Wildman–Crippen MR) is 240 cm³/mol. The van der Waals surface area contributed by atoms with Crippen molar-refractivity contribution in [3.63, 3.8) is 0 Å². The highest BCUT2D eigenvalue weighted by atomic mass is 35.5. The SMILES string of the molecule is CCOc1ccc2c(c1)CC(NCCCCO)C(=O)N2c1cccc(CN2C(=O)[C@@]3(O[C@@H](CC(=O)N4Cc5ccccc5C[C@H]4CO)[C@H]([Si](C)(C)F)[C@H]3C)c3cc(Cl)ccc32)c1. The van der Waals surface area contributed by atoms with E-state index in [0.29, 0.717) is 60.9 Å². The van der Waals surface area contributed by atoms with Crippen molar-refractivity contribution in [1.82, 2.24) is 10.2 Å². The van der Waals surface area contributed by atoms with E-state index < -0.39 is 43.7 Å². The van der Waals surface area contributed by atoms with E-state index in [1.165, 1.54) is 0 Å². The number of ether oxygens (including phenoxy) is 2. The highest BCUT2D eigenvalue weighted by molar-refractivity contribution is 6.72. The quantitative estimate of drug-likeness (QED) is 0.0682. The van der Waals surface area contributed by atoms with Gasteiger partial charge in [0.05, 0.1) is 55.7 Å². The molecule has 328 valence electrons. The number of carbonyl (C=O) groups excluding carboxylic acids is 3. The predicted octanol–water partition coefficient (Wildman–Crippen LogP) is 7.35. The molecule has 62 heavy (non-hydrogen) atoms. The number of unbranched alkanes of at least 4 members (excludes halogenated alkanes) is 1. The molecular weight excluding hydrogens is 827 g/mol. The molecule has 3 amide bonds. The van der Waals surface area contributed by atoms with Crippen LogP contribution in [0.1, 0.15) is 60.9 Å². The largest absolute Gasteiger partial charge is 0.494 e. The van der Waals surface area contributed by atoms with Crippen molar-refractivity contribution in [1.29, 1.82) is 0 Å². The highest BCUT2D eigenvalue weighted by Crippen LogP contribution is 2.60. The maximum Gasteiger partial charge on any atom is 0.264 e. The van der Waals surface area contributed by atoms with Crippen LogP contribution in [-0.2, 0) is 50.7 Å². The summed E-state index contributed by atoms with van der Waals surface area (Å²) in [6, 6.07) is 25.5. The Bertz CT molecular complexity index is 2340. The van der Waals surface area contributed by atoms with Crippen LogP contribution in [0.25, 0.3) is 0 Å². The molecule has 1 spiro atoms. The van der Waals surface area contributed by atoms with Gasteiger partial charge in [0.25, 0.3) is 5.91 Å². The van der Waals surface area contributed by atoms with Gasteiger partial charge in [0.1, 0.15) is 5.75 Å². The van der Waals surface area contributed by atoms with E-state index in [9.17, 15) is 19.8 Å². The Hall–Kier alpha value is -4.63. The number of rotatable bonds is 14. The third-order valence-electron chi connectivity index (χ3n) is 13.2. The first-order valence-electron chi connectivity index (χ1n) is 21.8. The molecule has 0 saturated carbocycles. The summed E-state index contributed by atoms with van der Waals surface area (Å²) in [6.07, 6.45) is 1.29. The molecular formula is C48H56ClFN4O7Si. The monoisotopic (exact) mass is 882 g/mol. The molecule has 14 heteroatoms. The number of aliphatic hydroxyl groups is 2. The molecule has 1 fully saturated rings. The second kappa shape index (κ2) is 17.9. The molecule has 1 saturated heterocycles. The maximum atomic E-state index is 16.7. The average molecular weight is 884 g/mol. The zero-order valence-electron chi connectivity index (χ0n) is 35.8. The Morgan fingerprint density at radius 3 is 2.48 bits per heavy atom. The number of anilines is 3. The van der Waals surface area contributed by atoms with Gasteiger partial charge in [-0.15, -0.1) is 0 Å². The normalized spacial score (nSPS) is 24.4.